The minimum Gasteiger partial charge on any atom is -0.480 e. The third kappa shape index (κ3) is 7.00. The molecule has 1 rings (SSSR count). The molecule has 0 aliphatic heterocycles. The van der Waals surface area contributed by atoms with Gasteiger partial charge in [-0.15, -0.1) is 0 Å². The van der Waals surface area contributed by atoms with Crippen LogP contribution in [0.2, 0.25) is 0 Å². The van der Waals surface area contributed by atoms with E-state index in [1.165, 1.54) is 6.07 Å². The first-order chi connectivity index (χ1) is 12.0. The molecule has 0 saturated carbocycles. The summed E-state index contributed by atoms with van der Waals surface area (Å²) < 4.78 is 63.1. The number of alkyl halides is 3. The van der Waals surface area contributed by atoms with E-state index in [1.54, 1.807) is 5.32 Å². The Balaban J connectivity index is 2.96. The third-order valence-electron chi connectivity index (χ3n) is 3.30. The number of amides is 1. The second-order valence-corrected chi connectivity index (χ2v) is 7.19. The number of carbonyl (C=O) groups is 2. The lowest BCUT2D eigenvalue weighted by Crippen LogP contribution is -2.40. The quantitative estimate of drug-likeness (QED) is 0.590. The molecule has 0 bridgehead atoms. The van der Waals surface area contributed by atoms with E-state index in [2.05, 4.69) is 0 Å². The highest BCUT2D eigenvalue weighted by molar-refractivity contribution is 7.89. The Morgan fingerprint density at radius 3 is 2.46 bits per heavy atom. The molecule has 11 heteroatoms. The molecule has 7 nitrogen and oxygen atoms in total. The van der Waals surface area contributed by atoms with Crippen molar-refractivity contribution in [3.8, 4) is 0 Å². The number of unbranched alkanes of at least 4 members (excludes halogenated alkanes) is 1. The largest absolute Gasteiger partial charge is 0.480 e. The normalized spacial score (nSPS) is 13.2. The highest BCUT2D eigenvalue weighted by atomic mass is 32.2. The Hall–Kier alpha value is -2.14. The highest BCUT2D eigenvalue weighted by Crippen LogP contribution is 2.15. The van der Waals surface area contributed by atoms with Crippen molar-refractivity contribution in [3.63, 3.8) is 0 Å². The zero-order valence-electron chi connectivity index (χ0n) is 13.8. The number of hydrogen-bond donors (Lipinski definition) is 3. The smallest absolute Gasteiger partial charge is 0.405 e. The maximum atomic E-state index is 12.3. The summed E-state index contributed by atoms with van der Waals surface area (Å²) in [6, 6.07) is 2.98. The molecule has 1 aromatic carbocycles. The molecule has 0 fully saturated rings. The third-order valence-corrected chi connectivity index (χ3v) is 4.77. The van der Waals surface area contributed by atoms with Gasteiger partial charge >= 0.3 is 12.1 Å². The number of carbonyl (C=O) groups excluding carboxylic acids is 1. The summed E-state index contributed by atoms with van der Waals surface area (Å²) in [4.78, 5) is 22.5. The van der Waals surface area contributed by atoms with E-state index in [0.29, 0.717) is 12.8 Å². The van der Waals surface area contributed by atoms with Crippen LogP contribution in [0.1, 0.15) is 36.5 Å². The zero-order valence-corrected chi connectivity index (χ0v) is 14.7. The Bertz CT molecular complexity index is 750. The maximum Gasteiger partial charge on any atom is 0.405 e. The Kier molecular flexibility index (Phi) is 7.57. The van der Waals surface area contributed by atoms with Crippen LogP contribution >= 0.6 is 0 Å². The molecule has 0 heterocycles. The Labute approximate surface area is 148 Å². The van der Waals surface area contributed by atoms with Gasteiger partial charge in [0, 0.05) is 5.56 Å². The molecule has 0 unspecified atom stereocenters. The van der Waals surface area contributed by atoms with Crippen molar-refractivity contribution >= 4 is 21.9 Å². The van der Waals surface area contributed by atoms with Gasteiger partial charge in [0.05, 0.1) is 4.90 Å². The number of halogens is 3. The van der Waals surface area contributed by atoms with Crippen molar-refractivity contribution < 1.29 is 36.3 Å². The highest BCUT2D eigenvalue weighted by Gasteiger charge is 2.29. The monoisotopic (exact) mass is 396 g/mol. The van der Waals surface area contributed by atoms with Gasteiger partial charge in [-0.3, -0.25) is 9.59 Å². The van der Waals surface area contributed by atoms with Gasteiger partial charge in [0.1, 0.15) is 12.6 Å². The van der Waals surface area contributed by atoms with Crippen molar-refractivity contribution in [2.24, 2.45) is 0 Å². The first kappa shape index (κ1) is 21.9. The molecule has 0 aliphatic carbocycles. The molecule has 0 aromatic heterocycles. The van der Waals surface area contributed by atoms with E-state index in [1.807, 2.05) is 11.6 Å². The number of benzene rings is 1. The lowest BCUT2D eigenvalue weighted by atomic mass is 10.1. The van der Waals surface area contributed by atoms with Crippen LogP contribution in [-0.4, -0.2) is 44.2 Å². The molecule has 26 heavy (non-hydrogen) atoms. The van der Waals surface area contributed by atoms with E-state index < -0.39 is 45.6 Å². The molecule has 1 atom stereocenters. The van der Waals surface area contributed by atoms with Crippen molar-refractivity contribution in [2.45, 2.75) is 43.3 Å². The Morgan fingerprint density at radius 1 is 1.27 bits per heavy atom. The van der Waals surface area contributed by atoms with Gasteiger partial charge < -0.3 is 10.4 Å². The first-order valence-electron chi connectivity index (χ1n) is 7.66. The van der Waals surface area contributed by atoms with Crippen LogP contribution in [0.4, 0.5) is 13.2 Å². The molecule has 0 saturated heterocycles. The molecule has 1 aromatic rings. The second-order valence-electron chi connectivity index (χ2n) is 5.48. The van der Waals surface area contributed by atoms with Crippen LogP contribution in [0.15, 0.2) is 29.2 Å². The van der Waals surface area contributed by atoms with E-state index in [-0.39, 0.29) is 12.0 Å². The number of aliphatic carboxylic acids is 1. The minimum absolute atomic E-state index is 0.0802. The van der Waals surface area contributed by atoms with Gasteiger partial charge in [-0.2, -0.15) is 17.9 Å². The standard InChI is InChI=1S/C15H19F3N2O5S/c1-2-3-7-12(14(22)23)20-26(24,25)11-6-4-5-10(8-11)13(21)19-9-15(16,17)18/h4-6,8,12,20H,2-3,7,9H2,1H3,(H,19,21)(H,22,23)/t12-/m0/s1. The zero-order chi connectivity index (χ0) is 20.0. The number of nitrogens with one attached hydrogen (secondary N) is 2. The average molecular weight is 396 g/mol. The number of carboxylic acids is 1. The second kappa shape index (κ2) is 8.99. The fraction of sp³-hybridized carbons (Fsp3) is 0.467. The van der Waals surface area contributed by atoms with Gasteiger partial charge in [-0.1, -0.05) is 25.8 Å². The van der Waals surface area contributed by atoms with Gasteiger partial charge in [-0.05, 0) is 24.6 Å². The summed E-state index contributed by atoms with van der Waals surface area (Å²) in [7, 11) is -4.27. The summed E-state index contributed by atoms with van der Waals surface area (Å²) in [6.45, 7) is 0.260. The lowest BCUT2D eigenvalue weighted by molar-refractivity contribution is -0.139. The number of rotatable bonds is 9. The fourth-order valence-electron chi connectivity index (χ4n) is 1.98. The van der Waals surface area contributed by atoms with E-state index in [9.17, 15) is 31.2 Å². The van der Waals surface area contributed by atoms with Crippen LogP contribution < -0.4 is 10.0 Å². The van der Waals surface area contributed by atoms with Gasteiger partial charge in [0.25, 0.3) is 5.91 Å². The summed E-state index contributed by atoms with van der Waals surface area (Å²) in [5.74, 6) is -2.44. The first-order valence-corrected chi connectivity index (χ1v) is 9.14. The summed E-state index contributed by atoms with van der Waals surface area (Å²) in [6.07, 6.45) is -3.37. The predicted molar refractivity (Wildman–Crippen MR) is 86.1 cm³/mol. The van der Waals surface area contributed by atoms with Crippen LogP contribution in [0.5, 0.6) is 0 Å². The predicted octanol–water partition coefficient (Wildman–Crippen LogP) is 1.90. The fourth-order valence-corrected chi connectivity index (χ4v) is 3.25. The maximum absolute atomic E-state index is 12.3. The van der Waals surface area contributed by atoms with Crippen molar-refractivity contribution in [1.82, 2.24) is 10.0 Å². The number of hydrogen-bond acceptors (Lipinski definition) is 4. The van der Waals surface area contributed by atoms with Crippen molar-refractivity contribution in [3.05, 3.63) is 29.8 Å². The van der Waals surface area contributed by atoms with E-state index in [4.69, 9.17) is 5.11 Å². The molecule has 0 aliphatic rings. The van der Waals surface area contributed by atoms with Crippen LogP contribution in [-0.2, 0) is 14.8 Å². The van der Waals surface area contributed by atoms with Crippen molar-refractivity contribution in [2.75, 3.05) is 6.54 Å². The molecular formula is C15H19F3N2O5S. The van der Waals surface area contributed by atoms with Gasteiger partial charge in [0.2, 0.25) is 10.0 Å². The van der Waals surface area contributed by atoms with E-state index in [0.717, 1.165) is 18.2 Å². The molecule has 3 N–H and O–H groups in total. The Morgan fingerprint density at radius 2 is 1.92 bits per heavy atom. The average Bonchev–Trinajstić information content (AvgIpc) is 2.55. The molecule has 0 radical (unpaired) electrons. The molecular weight excluding hydrogens is 377 g/mol. The number of carboxylic acid groups (broad SMARTS) is 1. The van der Waals surface area contributed by atoms with E-state index >= 15 is 0 Å². The summed E-state index contributed by atoms with van der Waals surface area (Å²) in [5, 5.41) is 10.7. The summed E-state index contributed by atoms with van der Waals surface area (Å²) in [5.41, 5.74) is -0.294. The SMILES string of the molecule is CCCC[C@H](NS(=O)(=O)c1cccc(C(=O)NCC(F)(F)F)c1)C(=O)O. The van der Waals surface area contributed by atoms with Crippen LogP contribution in [0, 0.1) is 0 Å². The lowest BCUT2D eigenvalue weighted by Gasteiger charge is -2.15. The van der Waals surface area contributed by atoms with Gasteiger partial charge in [0.15, 0.2) is 0 Å². The van der Waals surface area contributed by atoms with Gasteiger partial charge in [-0.25, -0.2) is 8.42 Å². The van der Waals surface area contributed by atoms with Crippen LogP contribution in [0.3, 0.4) is 0 Å². The van der Waals surface area contributed by atoms with Crippen LogP contribution in [0.25, 0.3) is 0 Å². The topological polar surface area (TPSA) is 113 Å². The molecule has 0 spiro atoms. The number of sulfonamides is 1. The minimum atomic E-state index is -4.60. The molecule has 1 amide bonds. The van der Waals surface area contributed by atoms with Crippen molar-refractivity contribution in [1.29, 1.82) is 0 Å². The molecule has 146 valence electrons. The summed E-state index contributed by atoms with van der Waals surface area (Å²) >= 11 is 0.